The highest BCUT2D eigenvalue weighted by Crippen LogP contribution is 2.42. The summed E-state index contributed by atoms with van der Waals surface area (Å²) in [5, 5.41) is 10.7. The Morgan fingerprint density at radius 2 is 1.78 bits per heavy atom. The number of rotatable bonds is 5. The number of benzene rings is 2. The van der Waals surface area contributed by atoms with Gasteiger partial charge in [0.2, 0.25) is 11.2 Å². The van der Waals surface area contributed by atoms with E-state index >= 15 is 0 Å². The summed E-state index contributed by atoms with van der Waals surface area (Å²) in [7, 11) is 2.74. The van der Waals surface area contributed by atoms with Gasteiger partial charge in [0.1, 0.15) is 11.3 Å². The van der Waals surface area contributed by atoms with Gasteiger partial charge in [-0.05, 0) is 48.2 Å². The van der Waals surface area contributed by atoms with Gasteiger partial charge in [0.05, 0.1) is 30.7 Å². The molecule has 2 bridgehead atoms. The first-order valence-electron chi connectivity index (χ1n) is 13.1. The molecular formula is C30H27F3N2O6. The van der Waals surface area contributed by atoms with Crippen molar-refractivity contribution in [2.45, 2.75) is 31.6 Å². The van der Waals surface area contributed by atoms with E-state index in [4.69, 9.17) is 13.9 Å². The molecule has 0 amide bonds. The minimum Gasteiger partial charge on any atom is -0.507 e. The van der Waals surface area contributed by atoms with Crippen molar-refractivity contribution in [1.82, 2.24) is 9.47 Å². The van der Waals surface area contributed by atoms with E-state index in [2.05, 4.69) is 0 Å². The van der Waals surface area contributed by atoms with Crippen LogP contribution in [-0.4, -0.2) is 41.9 Å². The summed E-state index contributed by atoms with van der Waals surface area (Å²) in [6, 6.07) is 11.8. The Morgan fingerprint density at radius 3 is 2.51 bits per heavy atom. The highest BCUT2D eigenvalue weighted by atomic mass is 19.4. The fourth-order valence-corrected chi connectivity index (χ4v) is 6.26. The number of halogens is 3. The molecule has 4 heterocycles. The van der Waals surface area contributed by atoms with Crippen molar-refractivity contribution < 1.29 is 32.2 Å². The molecule has 0 aliphatic carbocycles. The van der Waals surface area contributed by atoms with Gasteiger partial charge in [0, 0.05) is 43.9 Å². The van der Waals surface area contributed by atoms with Crippen LogP contribution in [0.1, 0.15) is 29.4 Å². The summed E-state index contributed by atoms with van der Waals surface area (Å²) in [5.74, 6) is -1.06. The molecule has 2 atom stereocenters. The molecule has 4 aromatic rings. The number of nitrogens with zero attached hydrogens (tertiary/aromatic N) is 2. The van der Waals surface area contributed by atoms with Gasteiger partial charge in [0.15, 0.2) is 11.5 Å². The van der Waals surface area contributed by atoms with Crippen molar-refractivity contribution in [3.05, 3.63) is 86.1 Å². The lowest BCUT2D eigenvalue weighted by Crippen LogP contribution is -2.46. The summed E-state index contributed by atoms with van der Waals surface area (Å²) in [6.45, 7) is 1.73. The third-order valence-corrected chi connectivity index (χ3v) is 8.01. The third-order valence-electron chi connectivity index (χ3n) is 8.01. The minimum absolute atomic E-state index is 0.0435. The number of aromatic hydroxyl groups is 1. The number of ether oxygens (including phenoxy) is 2. The Balaban J connectivity index is 1.45. The molecule has 0 saturated carbocycles. The molecular weight excluding hydrogens is 541 g/mol. The molecule has 214 valence electrons. The fraction of sp³-hybridized carbons (Fsp3) is 0.333. The number of likely N-dealkylation sites (tertiary alicyclic amines) is 1. The molecule has 2 aromatic heterocycles. The Labute approximate surface area is 232 Å². The van der Waals surface area contributed by atoms with Gasteiger partial charge >= 0.3 is 6.18 Å². The SMILES string of the molecule is COc1ccc(-c2c(C(F)(F)F)oc3c(CN4C[C@H]5C[C@@H](C4)c4cccc(=O)n4C5)c(O)ccc3c2=O)cc1OC. The number of fused-ring (bicyclic) bond motifs is 5. The molecule has 1 saturated heterocycles. The average Bonchev–Trinajstić information content (AvgIpc) is 2.94. The Hall–Kier alpha value is -4.25. The summed E-state index contributed by atoms with van der Waals surface area (Å²) in [6.07, 6.45) is -4.11. The van der Waals surface area contributed by atoms with E-state index in [-0.39, 0.29) is 57.5 Å². The molecule has 6 rings (SSSR count). The zero-order valence-corrected chi connectivity index (χ0v) is 22.3. The second-order valence-corrected chi connectivity index (χ2v) is 10.5. The largest absolute Gasteiger partial charge is 0.507 e. The topological polar surface area (TPSA) is 94.1 Å². The normalized spacial score (nSPS) is 18.8. The van der Waals surface area contributed by atoms with Crippen molar-refractivity contribution in [1.29, 1.82) is 0 Å². The second-order valence-electron chi connectivity index (χ2n) is 10.5. The molecule has 2 aliphatic rings. The quantitative estimate of drug-likeness (QED) is 0.363. The van der Waals surface area contributed by atoms with Crippen LogP contribution in [0.15, 0.2) is 62.5 Å². The Bertz CT molecular complexity index is 1780. The zero-order chi connectivity index (χ0) is 29.1. The Kier molecular flexibility index (Phi) is 6.56. The fourth-order valence-electron chi connectivity index (χ4n) is 6.26. The van der Waals surface area contributed by atoms with Gasteiger partial charge in [-0.25, -0.2) is 0 Å². The lowest BCUT2D eigenvalue weighted by Gasteiger charge is -2.42. The highest BCUT2D eigenvalue weighted by molar-refractivity contribution is 5.87. The minimum atomic E-state index is -5.00. The second kappa shape index (κ2) is 9.99. The standard InChI is InChI=1S/C30H27F3N2O6/c1-39-23-9-6-17(11-24(23)40-2)26-27(38)19-7-8-22(36)20(28(19)41-29(26)30(31,32)33)15-34-12-16-10-18(14-34)21-4-3-5-25(37)35(21)13-16/h3-9,11,16,18,36H,10,12-15H2,1-2H3/t16-,18+/m1/s1. The van der Waals surface area contributed by atoms with Crippen molar-refractivity contribution >= 4 is 11.0 Å². The number of pyridine rings is 1. The third kappa shape index (κ3) is 4.63. The first-order valence-corrected chi connectivity index (χ1v) is 13.1. The first-order chi connectivity index (χ1) is 19.6. The number of methoxy groups -OCH3 is 2. The number of phenols is 1. The van der Waals surface area contributed by atoms with Crippen LogP contribution in [0.25, 0.3) is 22.1 Å². The molecule has 1 N–H and O–H groups in total. The number of hydrogen-bond donors (Lipinski definition) is 1. The van der Waals surface area contributed by atoms with Gasteiger partial charge in [-0.2, -0.15) is 13.2 Å². The van der Waals surface area contributed by atoms with E-state index < -0.39 is 22.9 Å². The maximum Gasteiger partial charge on any atom is 0.450 e. The van der Waals surface area contributed by atoms with Crippen LogP contribution in [0.4, 0.5) is 13.2 Å². The van der Waals surface area contributed by atoms with E-state index in [0.29, 0.717) is 25.4 Å². The van der Waals surface area contributed by atoms with Gasteiger partial charge in [-0.15, -0.1) is 0 Å². The van der Waals surface area contributed by atoms with Gasteiger partial charge in [0.25, 0.3) is 5.56 Å². The van der Waals surface area contributed by atoms with E-state index in [1.165, 1.54) is 50.6 Å². The van der Waals surface area contributed by atoms with Crippen molar-refractivity contribution in [3.63, 3.8) is 0 Å². The lowest BCUT2D eigenvalue weighted by molar-refractivity contribution is -0.152. The summed E-state index contributed by atoms with van der Waals surface area (Å²) < 4.78 is 60.9. The van der Waals surface area contributed by atoms with Gasteiger partial charge in [-0.1, -0.05) is 12.1 Å². The van der Waals surface area contributed by atoms with Crippen LogP contribution in [0.5, 0.6) is 17.2 Å². The molecule has 2 aromatic carbocycles. The maximum absolute atomic E-state index is 14.4. The lowest BCUT2D eigenvalue weighted by atomic mass is 9.83. The van der Waals surface area contributed by atoms with Crippen LogP contribution in [0.2, 0.25) is 0 Å². The predicted molar refractivity (Wildman–Crippen MR) is 145 cm³/mol. The zero-order valence-electron chi connectivity index (χ0n) is 22.3. The van der Waals surface area contributed by atoms with Crippen LogP contribution >= 0.6 is 0 Å². The number of aromatic nitrogens is 1. The smallest absolute Gasteiger partial charge is 0.450 e. The molecule has 2 aliphatic heterocycles. The summed E-state index contributed by atoms with van der Waals surface area (Å²) >= 11 is 0. The molecule has 41 heavy (non-hydrogen) atoms. The van der Waals surface area contributed by atoms with Gasteiger partial charge < -0.3 is 23.6 Å². The first kappa shape index (κ1) is 26.9. The molecule has 0 spiro atoms. The molecule has 0 radical (unpaired) electrons. The van der Waals surface area contributed by atoms with Crippen LogP contribution in [0.3, 0.4) is 0 Å². The summed E-state index contributed by atoms with van der Waals surface area (Å²) in [4.78, 5) is 28.1. The van der Waals surface area contributed by atoms with E-state index in [0.717, 1.165) is 12.1 Å². The number of hydrogen-bond acceptors (Lipinski definition) is 7. The van der Waals surface area contributed by atoms with Crippen molar-refractivity contribution in [2.24, 2.45) is 5.92 Å². The predicted octanol–water partition coefficient (Wildman–Crippen LogP) is 4.98. The molecule has 0 unspecified atom stereocenters. The van der Waals surface area contributed by atoms with Crippen molar-refractivity contribution in [2.75, 3.05) is 27.3 Å². The van der Waals surface area contributed by atoms with Crippen LogP contribution in [-0.2, 0) is 19.3 Å². The number of alkyl halides is 3. The number of piperidine rings is 1. The van der Waals surface area contributed by atoms with E-state index in [1.807, 2.05) is 11.0 Å². The monoisotopic (exact) mass is 568 g/mol. The van der Waals surface area contributed by atoms with Gasteiger partial charge in [-0.3, -0.25) is 14.5 Å². The van der Waals surface area contributed by atoms with Crippen LogP contribution in [0, 0.1) is 5.92 Å². The summed E-state index contributed by atoms with van der Waals surface area (Å²) in [5.41, 5.74) is -0.908. The highest BCUT2D eigenvalue weighted by Gasteiger charge is 2.40. The average molecular weight is 569 g/mol. The van der Waals surface area contributed by atoms with Crippen molar-refractivity contribution in [3.8, 4) is 28.4 Å². The van der Waals surface area contributed by atoms with E-state index in [9.17, 15) is 27.9 Å². The molecule has 1 fully saturated rings. The maximum atomic E-state index is 14.4. The Morgan fingerprint density at radius 1 is 1.00 bits per heavy atom. The van der Waals surface area contributed by atoms with Crippen LogP contribution < -0.4 is 20.5 Å². The number of phenolic OH excluding ortho intramolecular Hbond substituents is 1. The van der Waals surface area contributed by atoms with E-state index in [1.54, 1.807) is 10.6 Å². The molecule has 8 nitrogen and oxygen atoms in total. The molecule has 11 heteroatoms.